The molecule has 8 nitrogen and oxygen atoms in total. The van der Waals surface area contributed by atoms with Crippen LogP contribution < -0.4 is 4.90 Å². The third kappa shape index (κ3) is 3.93. The van der Waals surface area contributed by atoms with E-state index in [1.165, 1.54) is 0 Å². The van der Waals surface area contributed by atoms with Gasteiger partial charge in [0.25, 0.3) is 0 Å². The van der Waals surface area contributed by atoms with Crippen LogP contribution in [0.3, 0.4) is 0 Å². The maximum atomic E-state index is 11.8. The van der Waals surface area contributed by atoms with Crippen LogP contribution >= 0.6 is 11.6 Å². The Kier molecular flexibility index (Phi) is 5.73. The molecule has 2 aliphatic rings. The molecule has 2 fully saturated rings. The fourth-order valence-corrected chi connectivity index (χ4v) is 4.77. The van der Waals surface area contributed by atoms with E-state index in [4.69, 9.17) is 31.3 Å². The lowest BCUT2D eigenvalue weighted by Crippen LogP contribution is -2.48. The van der Waals surface area contributed by atoms with Crippen LogP contribution in [0.2, 0.25) is 5.02 Å². The second-order valence-electron chi connectivity index (χ2n) is 8.52. The molecule has 2 saturated heterocycles. The van der Waals surface area contributed by atoms with E-state index in [9.17, 15) is 4.79 Å². The van der Waals surface area contributed by atoms with Gasteiger partial charge in [0.05, 0.1) is 11.6 Å². The minimum absolute atomic E-state index is 0.109. The predicted octanol–water partition coefficient (Wildman–Crippen LogP) is 3.16. The van der Waals surface area contributed by atoms with E-state index < -0.39 is 0 Å². The highest BCUT2D eigenvalue weighted by molar-refractivity contribution is 6.33. The number of imidazole rings is 1. The minimum Gasteiger partial charge on any atom is -0.381 e. The molecule has 3 aromatic rings. The van der Waals surface area contributed by atoms with Gasteiger partial charge in [-0.15, -0.1) is 0 Å². The quantitative estimate of drug-likeness (QED) is 0.602. The molecule has 0 saturated carbocycles. The van der Waals surface area contributed by atoms with Gasteiger partial charge in [0.15, 0.2) is 17.0 Å². The smallest absolute Gasteiger partial charge is 0.219 e. The van der Waals surface area contributed by atoms with Crippen LogP contribution in [0.4, 0.5) is 5.82 Å². The van der Waals surface area contributed by atoms with Crippen molar-refractivity contribution in [3.05, 3.63) is 35.1 Å². The molecule has 5 rings (SSSR count). The van der Waals surface area contributed by atoms with Crippen molar-refractivity contribution in [2.45, 2.75) is 26.8 Å². The highest BCUT2D eigenvalue weighted by Gasteiger charge is 2.27. The van der Waals surface area contributed by atoms with Crippen molar-refractivity contribution in [1.82, 2.24) is 24.4 Å². The predicted molar refractivity (Wildman–Crippen MR) is 124 cm³/mol. The minimum atomic E-state index is 0.109. The average Bonchev–Trinajstić information content (AvgIpc) is 3.42. The first-order valence-electron chi connectivity index (χ1n) is 11.1. The highest BCUT2D eigenvalue weighted by atomic mass is 35.5. The molecular formula is C23H27ClN6O2. The van der Waals surface area contributed by atoms with Gasteiger partial charge in [-0.2, -0.15) is 0 Å². The molecule has 9 heteroatoms. The number of nitrogens with zero attached hydrogens (tertiary/aromatic N) is 6. The summed E-state index contributed by atoms with van der Waals surface area (Å²) in [7, 11) is 0. The molecule has 1 amide bonds. The van der Waals surface area contributed by atoms with Gasteiger partial charge in [-0.05, 0) is 25.5 Å². The molecule has 2 aliphatic heterocycles. The Bertz CT molecular complexity index is 1150. The summed E-state index contributed by atoms with van der Waals surface area (Å²) in [4.78, 5) is 30.5. The van der Waals surface area contributed by atoms with Crippen molar-refractivity contribution in [3.63, 3.8) is 0 Å². The van der Waals surface area contributed by atoms with Crippen LogP contribution in [0.1, 0.15) is 19.2 Å². The number of aromatic nitrogens is 4. The number of fused-ring (bicyclic) bond motifs is 1. The first-order chi connectivity index (χ1) is 15.5. The number of hydrogen-bond acceptors (Lipinski definition) is 6. The molecule has 32 heavy (non-hydrogen) atoms. The third-order valence-electron chi connectivity index (χ3n) is 6.29. The summed E-state index contributed by atoms with van der Waals surface area (Å²) >= 11 is 6.58. The van der Waals surface area contributed by atoms with Crippen LogP contribution in [0.15, 0.2) is 24.3 Å². The van der Waals surface area contributed by atoms with Gasteiger partial charge < -0.3 is 19.1 Å². The first-order valence-corrected chi connectivity index (χ1v) is 11.5. The number of carbonyl (C=O) groups is 1. The summed E-state index contributed by atoms with van der Waals surface area (Å²) in [6, 6.07) is 7.78. The molecule has 1 unspecified atom stereocenters. The summed E-state index contributed by atoms with van der Waals surface area (Å²) < 4.78 is 7.81. The lowest BCUT2D eigenvalue weighted by atomic mass is 10.1. The normalized spacial score (nSPS) is 19.2. The van der Waals surface area contributed by atoms with Gasteiger partial charge in [0.2, 0.25) is 5.91 Å². The molecule has 0 radical (unpaired) electrons. The van der Waals surface area contributed by atoms with Crippen LogP contribution in [0.5, 0.6) is 0 Å². The number of aryl methyl sites for hydroxylation is 1. The summed E-state index contributed by atoms with van der Waals surface area (Å²) in [5.41, 5.74) is 2.49. The van der Waals surface area contributed by atoms with Crippen molar-refractivity contribution in [2.24, 2.45) is 5.92 Å². The molecular weight excluding hydrogens is 428 g/mol. The number of piperazine rings is 1. The molecule has 1 aromatic carbocycles. The Labute approximate surface area is 192 Å². The monoisotopic (exact) mass is 454 g/mol. The standard InChI is InChI=1S/C23H27ClN6O2/c1-15-25-22(29-10-8-28(9-11-29)16(2)31)20-23(26-15)30(13-17-7-12-32-14-17)21(27-20)18-5-3-4-6-19(18)24/h3-6,17H,7-14H2,1-2H3. The number of rotatable bonds is 4. The van der Waals surface area contributed by atoms with E-state index in [0.29, 0.717) is 29.9 Å². The average molecular weight is 455 g/mol. The second-order valence-corrected chi connectivity index (χ2v) is 8.92. The zero-order chi connectivity index (χ0) is 22.2. The maximum Gasteiger partial charge on any atom is 0.219 e. The Morgan fingerprint density at radius 3 is 2.62 bits per heavy atom. The van der Waals surface area contributed by atoms with Gasteiger partial charge in [-0.1, -0.05) is 23.7 Å². The largest absolute Gasteiger partial charge is 0.381 e. The van der Waals surface area contributed by atoms with E-state index in [0.717, 1.165) is 67.6 Å². The number of hydrogen-bond donors (Lipinski definition) is 0. The molecule has 168 valence electrons. The molecule has 4 heterocycles. The van der Waals surface area contributed by atoms with E-state index in [1.54, 1.807) is 6.92 Å². The number of benzene rings is 1. The SMILES string of the molecule is CC(=O)N1CCN(c2nc(C)nc3c2nc(-c2ccccc2Cl)n3CC2CCOC2)CC1. The van der Waals surface area contributed by atoms with Crippen molar-refractivity contribution in [2.75, 3.05) is 44.3 Å². The molecule has 1 atom stereocenters. The van der Waals surface area contributed by atoms with Gasteiger partial charge >= 0.3 is 0 Å². The maximum absolute atomic E-state index is 11.8. The number of ether oxygens (including phenoxy) is 1. The van der Waals surface area contributed by atoms with E-state index in [-0.39, 0.29) is 5.91 Å². The van der Waals surface area contributed by atoms with Gasteiger partial charge in [0, 0.05) is 57.7 Å². The number of amides is 1. The van der Waals surface area contributed by atoms with Crippen molar-refractivity contribution >= 4 is 34.5 Å². The molecule has 0 spiro atoms. The van der Waals surface area contributed by atoms with Crippen molar-refractivity contribution < 1.29 is 9.53 Å². The molecule has 0 aliphatic carbocycles. The van der Waals surface area contributed by atoms with Gasteiger partial charge in [-0.3, -0.25) is 4.79 Å². The lowest BCUT2D eigenvalue weighted by Gasteiger charge is -2.34. The summed E-state index contributed by atoms with van der Waals surface area (Å²) in [5, 5.41) is 0.660. The fraction of sp³-hybridized carbons (Fsp3) is 0.478. The Morgan fingerprint density at radius 2 is 1.94 bits per heavy atom. The van der Waals surface area contributed by atoms with Gasteiger partial charge in [-0.25, -0.2) is 15.0 Å². The first kappa shape index (κ1) is 21.2. The summed E-state index contributed by atoms with van der Waals surface area (Å²) in [6.45, 7) is 8.63. The van der Waals surface area contributed by atoms with E-state index in [2.05, 4.69) is 9.47 Å². The number of anilines is 1. The number of carbonyl (C=O) groups excluding carboxylic acids is 1. The lowest BCUT2D eigenvalue weighted by molar-refractivity contribution is -0.129. The fourth-order valence-electron chi connectivity index (χ4n) is 4.55. The molecule has 0 N–H and O–H groups in total. The van der Waals surface area contributed by atoms with Crippen LogP contribution in [0.25, 0.3) is 22.6 Å². The molecule has 2 aromatic heterocycles. The zero-order valence-electron chi connectivity index (χ0n) is 18.4. The third-order valence-corrected chi connectivity index (χ3v) is 6.62. The van der Waals surface area contributed by atoms with Crippen molar-refractivity contribution in [3.8, 4) is 11.4 Å². The Morgan fingerprint density at radius 1 is 1.16 bits per heavy atom. The van der Waals surface area contributed by atoms with Crippen LogP contribution in [0, 0.1) is 12.8 Å². The van der Waals surface area contributed by atoms with Crippen molar-refractivity contribution in [1.29, 1.82) is 0 Å². The summed E-state index contributed by atoms with van der Waals surface area (Å²) in [5.74, 6) is 2.85. The van der Waals surface area contributed by atoms with E-state index in [1.807, 2.05) is 36.1 Å². The second kappa shape index (κ2) is 8.67. The molecule has 0 bridgehead atoms. The topological polar surface area (TPSA) is 76.4 Å². The van der Waals surface area contributed by atoms with E-state index >= 15 is 0 Å². The Hall–Kier alpha value is -2.71. The zero-order valence-corrected chi connectivity index (χ0v) is 19.2. The van der Waals surface area contributed by atoms with Crippen LogP contribution in [-0.4, -0.2) is 69.7 Å². The summed E-state index contributed by atoms with van der Waals surface area (Å²) in [6.07, 6.45) is 1.02. The Balaban J connectivity index is 1.62. The van der Waals surface area contributed by atoms with Gasteiger partial charge in [0.1, 0.15) is 11.6 Å². The number of halogens is 1. The highest BCUT2D eigenvalue weighted by Crippen LogP contribution is 2.34. The van der Waals surface area contributed by atoms with Crippen LogP contribution in [-0.2, 0) is 16.1 Å².